The van der Waals surface area contributed by atoms with Crippen LogP contribution in [0.4, 0.5) is 0 Å². The Morgan fingerprint density at radius 3 is 2.17 bits per heavy atom. The number of hydrogen-bond donors (Lipinski definition) is 0. The molecule has 0 aromatic heterocycles. The summed E-state index contributed by atoms with van der Waals surface area (Å²) >= 11 is 0. The van der Waals surface area contributed by atoms with Crippen LogP contribution in [0.5, 0.6) is 23.0 Å². The normalized spacial score (nSPS) is 14.6. The minimum atomic E-state index is -0.596. The average Bonchev–Trinajstić information content (AvgIpc) is 3.14. The lowest BCUT2D eigenvalue weighted by atomic mass is 9.98. The molecule has 0 fully saturated rings. The van der Waals surface area contributed by atoms with Gasteiger partial charge in [0.05, 0.1) is 21.3 Å². The second-order valence-electron chi connectivity index (χ2n) is 6.74. The highest BCUT2D eigenvalue weighted by molar-refractivity contribution is 5.97. The number of methoxy groups -OCH3 is 3. The highest BCUT2D eigenvalue weighted by Gasteiger charge is 2.36. The Labute approximate surface area is 174 Å². The van der Waals surface area contributed by atoms with Crippen LogP contribution in [0.2, 0.25) is 0 Å². The number of fused-ring (bicyclic) bond motifs is 1. The van der Waals surface area contributed by atoms with Gasteiger partial charge in [-0.3, -0.25) is 0 Å². The van der Waals surface area contributed by atoms with Crippen molar-refractivity contribution in [2.24, 2.45) is 0 Å². The summed E-state index contributed by atoms with van der Waals surface area (Å²) in [4.78, 5) is 12.7. The van der Waals surface area contributed by atoms with Gasteiger partial charge in [-0.15, -0.1) is 0 Å². The Morgan fingerprint density at radius 1 is 0.833 bits per heavy atom. The highest BCUT2D eigenvalue weighted by Crippen LogP contribution is 2.45. The summed E-state index contributed by atoms with van der Waals surface area (Å²) in [6, 6.07) is 18.9. The van der Waals surface area contributed by atoms with Crippen molar-refractivity contribution in [3.63, 3.8) is 0 Å². The summed E-state index contributed by atoms with van der Waals surface area (Å²) in [5.74, 6) is 1.54. The molecule has 0 aliphatic carbocycles. The number of benzene rings is 3. The minimum Gasteiger partial charge on any atom is -0.493 e. The van der Waals surface area contributed by atoms with E-state index in [0.717, 1.165) is 16.7 Å². The Hall–Kier alpha value is -3.67. The SMILES string of the molecule is COc1cc(C2OC(=O)c3c(OCc4ccccc4)cccc32)cc(OC)c1OC. The standard InChI is InChI=1S/C24H22O6/c1-26-19-12-16(13-20(27-2)23(19)28-3)22-17-10-7-11-18(21(17)24(25)30-22)29-14-15-8-5-4-6-9-15/h4-13,22H,14H2,1-3H3. The van der Waals surface area contributed by atoms with Crippen molar-refractivity contribution in [1.29, 1.82) is 0 Å². The van der Waals surface area contributed by atoms with Crippen LogP contribution < -0.4 is 18.9 Å². The van der Waals surface area contributed by atoms with Crippen molar-refractivity contribution in [2.45, 2.75) is 12.7 Å². The lowest BCUT2D eigenvalue weighted by Crippen LogP contribution is -2.03. The fourth-order valence-electron chi connectivity index (χ4n) is 3.57. The second-order valence-corrected chi connectivity index (χ2v) is 6.74. The Kier molecular flexibility index (Phi) is 5.48. The van der Waals surface area contributed by atoms with Gasteiger partial charge in [0, 0.05) is 11.1 Å². The fraction of sp³-hybridized carbons (Fsp3) is 0.208. The predicted molar refractivity (Wildman–Crippen MR) is 111 cm³/mol. The van der Waals surface area contributed by atoms with Crippen LogP contribution >= 0.6 is 0 Å². The highest BCUT2D eigenvalue weighted by atomic mass is 16.6. The molecule has 3 aromatic carbocycles. The zero-order chi connectivity index (χ0) is 21.1. The lowest BCUT2D eigenvalue weighted by molar-refractivity contribution is 0.0452. The van der Waals surface area contributed by atoms with E-state index in [4.69, 9.17) is 23.7 Å². The molecule has 0 N–H and O–H groups in total. The van der Waals surface area contributed by atoms with Gasteiger partial charge in [0.2, 0.25) is 5.75 Å². The first kappa shape index (κ1) is 19.6. The molecule has 1 unspecified atom stereocenters. The second kappa shape index (κ2) is 8.37. The maximum Gasteiger partial charge on any atom is 0.343 e. The maximum absolute atomic E-state index is 12.7. The molecule has 1 atom stereocenters. The van der Waals surface area contributed by atoms with E-state index in [-0.39, 0.29) is 0 Å². The van der Waals surface area contributed by atoms with Crippen LogP contribution in [-0.4, -0.2) is 27.3 Å². The van der Waals surface area contributed by atoms with Crippen molar-refractivity contribution in [3.8, 4) is 23.0 Å². The molecule has 30 heavy (non-hydrogen) atoms. The third-order valence-corrected chi connectivity index (χ3v) is 5.00. The molecule has 1 aliphatic heterocycles. The molecule has 0 amide bonds. The molecular weight excluding hydrogens is 384 g/mol. The van der Waals surface area contributed by atoms with Crippen LogP contribution in [0.15, 0.2) is 60.7 Å². The van der Waals surface area contributed by atoms with Gasteiger partial charge in [0.1, 0.15) is 17.9 Å². The first-order chi connectivity index (χ1) is 14.7. The average molecular weight is 406 g/mol. The number of rotatable bonds is 7. The zero-order valence-electron chi connectivity index (χ0n) is 17.0. The molecule has 6 heteroatoms. The van der Waals surface area contributed by atoms with E-state index in [9.17, 15) is 4.79 Å². The largest absolute Gasteiger partial charge is 0.493 e. The molecule has 1 heterocycles. The molecule has 154 valence electrons. The van der Waals surface area contributed by atoms with Crippen molar-refractivity contribution in [1.82, 2.24) is 0 Å². The number of ether oxygens (including phenoxy) is 5. The smallest absolute Gasteiger partial charge is 0.343 e. The molecular formula is C24H22O6. The summed E-state index contributed by atoms with van der Waals surface area (Å²) < 4.78 is 27.9. The molecule has 0 saturated heterocycles. The van der Waals surface area contributed by atoms with Crippen LogP contribution in [0.1, 0.15) is 33.2 Å². The van der Waals surface area contributed by atoms with E-state index in [2.05, 4.69) is 0 Å². The van der Waals surface area contributed by atoms with Gasteiger partial charge < -0.3 is 23.7 Å². The van der Waals surface area contributed by atoms with E-state index in [1.165, 1.54) is 0 Å². The zero-order valence-corrected chi connectivity index (χ0v) is 17.0. The van der Waals surface area contributed by atoms with Gasteiger partial charge in [-0.05, 0) is 23.8 Å². The van der Waals surface area contributed by atoms with Crippen LogP contribution in [-0.2, 0) is 11.3 Å². The minimum absolute atomic E-state index is 0.361. The molecule has 3 aromatic rings. The summed E-state index contributed by atoms with van der Waals surface area (Å²) in [6.07, 6.45) is -0.596. The van der Waals surface area contributed by atoms with Gasteiger partial charge in [-0.25, -0.2) is 4.79 Å². The third kappa shape index (κ3) is 3.52. The van der Waals surface area contributed by atoms with Gasteiger partial charge in [-0.1, -0.05) is 42.5 Å². The summed E-state index contributed by atoms with van der Waals surface area (Å²) in [6.45, 7) is 0.361. The lowest BCUT2D eigenvalue weighted by Gasteiger charge is -2.17. The van der Waals surface area contributed by atoms with E-state index < -0.39 is 12.1 Å². The molecule has 0 bridgehead atoms. The molecule has 4 rings (SSSR count). The van der Waals surface area contributed by atoms with Crippen molar-refractivity contribution >= 4 is 5.97 Å². The first-order valence-corrected chi connectivity index (χ1v) is 9.46. The number of carbonyl (C=O) groups is 1. The van der Waals surface area contributed by atoms with E-state index in [1.807, 2.05) is 42.5 Å². The summed E-state index contributed by atoms with van der Waals surface area (Å²) in [7, 11) is 4.64. The Morgan fingerprint density at radius 2 is 1.53 bits per heavy atom. The number of esters is 1. The molecule has 1 aliphatic rings. The molecule has 0 radical (unpaired) electrons. The van der Waals surface area contributed by atoms with Gasteiger partial charge >= 0.3 is 5.97 Å². The first-order valence-electron chi connectivity index (χ1n) is 9.46. The van der Waals surface area contributed by atoms with E-state index in [0.29, 0.717) is 35.2 Å². The summed E-state index contributed by atoms with van der Waals surface area (Å²) in [5.41, 5.74) is 2.91. The quantitative estimate of drug-likeness (QED) is 0.537. The van der Waals surface area contributed by atoms with Crippen molar-refractivity contribution in [2.75, 3.05) is 21.3 Å². The van der Waals surface area contributed by atoms with Crippen molar-refractivity contribution < 1.29 is 28.5 Å². The molecule has 0 spiro atoms. The Bertz CT molecular complexity index is 1040. The number of cyclic esters (lactones) is 1. The van der Waals surface area contributed by atoms with E-state index in [1.54, 1.807) is 39.5 Å². The van der Waals surface area contributed by atoms with Gasteiger partial charge in [-0.2, -0.15) is 0 Å². The maximum atomic E-state index is 12.7. The fourth-order valence-corrected chi connectivity index (χ4v) is 3.57. The topological polar surface area (TPSA) is 63.2 Å². The number of carbonyl (C=O) groups excluding carboxylic acids is 1. The number of hydrogen-bond acceptors (Lipinski definition) is 6. The van der Waals surface area contributed by atoms with Gasteiger partial charge in [0.25, 0.3) is 0 Å². The van der Waals surface area contributed by atoms with Crippen molar-refractivity contribution in [3.05, 3.63) is 82.9 Å². The van der Waals surface area contributed by atoms with Gasteiger partial charge in [0.15, 0.2) is 17.6 Å². The summed E-state index contributed by atoms with van der Waals surface area (Å²) in [5, 5.41) is 0. The van der Waals surface area contributed by atoms with Crippen LogP contribution in [0.25, 0.3) is 0 Å². The Balaban J connectivity index is 1.69. The van der Waals surface area contributed by atoms with Crippen LogP contribution in [0.3, 0.4) is 0 Å². The van der Waals surface area contributed by atoms with E-state index >= 15 is 0 Å². The monoisotopic (exact) mass is 406 g/mol. The predicted octanol–water partition coefficient (Wildman–Crippen LogP) is 4.55. The van der Waals surface area contributed by atoms with Crippen LogP contribution in [0, 0.1) is 0 Å². The molecule has 0 saturated carbocycles. The molecule has 6 nitrogen and oxygen atoms in total. The third-order valence-electron chi connectivity index (χ3n) is 5.00.